The molecule has 0 fully saturated rings. The summed E-state index contributed by atoms with van der Waals surface area (Å²) in [6, 6.07) is 14.6. The van der Waals surface area contributed by atoms with Crippen molar-refractivity contribution >= 4 is 10.9 Å². The van der Waals surface area contributed by atoms with Crippen molar-refractivity contribution in [3.8, 4) is 23.1 Å². The van der Waals surface area contributed by atoms with Crippen LogP contribution in [0.15, 0.2) is 54.7 Å². The highest BCUT2D eigenvalue weighted by Crippen LogP contribution is 2.29. The summed E-state index contributed by atoms with van der Waals surface area (Å²) in [7, 11) is 0. The van der Waals surface area contributed by atoms with Crippen molar-refractivity contribution in [1.29, 1.82) is 5.26 Å². The van der Waals surface area contributed by atoms with Crippen molar-refractivity contribution in [1.82, 2.24) is 19.7 Å². The molecule has 0 aliphatic rings. The summed E-state index contributed by atoms with van der Waals surface area (Å²) in [5, 5.41) is 14.1. The third-order valence-electron chi connectivity index (χ3n) is 4.19. The minimum Gasteiger partial charge on any atom is -0.237 e. The molecule has 0 atom stereocenters. The number of hydrogen-bond acceptors (Lipinski definition) is 4. The second kappa shape index (κ2) is 6.46. The predicted octanol–water partition coefficient (Wildman–Crippen LogP) is 4.68. The van der Waals surface area contributed by atoms with E-state index in [1.54, 1.807) is 24.4 Å². The maximum Gasteiger partial charge on any atom is 0.433 e. The third kappa shape index (κ3) is 3.18. The lowest BCUT2D eigenvalue weighted by atomic mass is 10.1. The van der Waals surface area contributed by atoms with Crippen molar-refractivity contribution in [2.24, 2.45) is 0 Å². The Labute approximate surface area is 157 Å². The molecule has 0 saturated heterocycles. The summed E-state index contributed by atoms with van der Waals surface area (Å²) >= 11 is 0. The number of halogens is 3. The number of nitrogens with zero attached hydrogens (tertiary/aromatic N) is 5. The van der Waals surface area contributed by atoms with Crippen LogP contribution in [-0.4, -0.2) is 19.7 Å². The van der Waals surface area contributed by atoms with E-state index in [1.807, 2.05) is 25.1 Å². The van der Waals surface area contributed by atoms with E-state index in [9.17, 15) is 13.2 Å². The number of aromatic nitrogens is 4. The molecule has 4 rings (SSSR count). The summed E-state index contributed by atoms with van der Waals surface area (Å²) in [5.74, 6) is 0.0666. The molecule has 28 heavy (non-hydrogen) atoms. The van der Waals surface area contributed by atoms with Gasteiger partial charge in [-0.15, -0.1) is 0 Å². The van der Waals surface area contributed by atoms with Crippen LogP contribution in [0.3, 0.4) is 0 Å². The van der Waals surface area contributed by atoms with Crippen LogP contribution >= 0.6 is 0 Å². The lowest BCUT2D eigenvalue weighted by Gasteiger charge is -2.09. The Bertz CT molecular complexity index is 1230. The molecule has 3 aromatic heterocycles. The fourth-order valence-electron chi connectivity index (χ4n) is 2.93. The van der Waals surface area contributed by atoms with Crippen LogP contribution in [0.5, 0.6) is 0 Å². The molecule has 0 N–H and O–H groups in total. The zero-order valence-corrected chi connectivity index (χ0v) is 14.6. The van der Waals surface area contributed by atoms with Gasteiger partial charge in [0, 0.05) is 10.9 Å². The summed E-state index contributed by atoms with van der Waals surface area (Å²) in [6.07, 6.45) is -2.98. The summed E-state index contributed by atoms with van der Waals surface area (Å²) in [5.41, 5.74) is 2.11. The highest BCUT2D eigenvalue weighted by Gasteiger charge is 2.32. The molecule has 0 aliphatic carbocycles. The quantitative estimate of drug-likeness (QED) is 0.507. The number of benzene rings is 1. The van der Waals surface area contributed by atoms with E-state index in [0.717, 1.165) is 22.6 Å². The van der Waals surface area contributed by atoms with Gasteiger partial charge in [0.25, 0.3) is 0 Å². The van der Waals surface area contributed by atoms with E-state index in [2.05, 4.69) is 15.1 Å². The highest BCUT2D eigenvalue weighted by atomic mass is 19.4. The van der Waals surface area contributed by atoms with Crippen LogP contribution in [0.1, 0.15) is 17.0 Å². The Morgan fingerprint density at radius 1 is 1.04 bits per heavy atom. The van der Waals surface area contributed by atoms with E-state index in [-0.39, 0.29) is 5.82 Å². The average molecular weight is 379 g/mol. The largest absolute Gasteiger partial charge is 0.433 e. The SMILES string of the molecule is Cc1cc(C#N)nc(-c2ccc3cnn(-c4cccc(C(F)(F)F)n4)c3c2)c1. The Morgan fingerprint density at radius 2 is 1.86 bits per heavy atom. The number of nitriles is 1. The van der Waals surface area contributed by atoms with Crippen LogP contribution in [0, 0.1) is 18.3 Å². The molecular weight excluding hydrogens is 367 g/mol. The van der Waals surface area contributed by atoms with E-state index in [1.165, 1.54) is 16.8 Å². The van der Waals surface area contributed by atoms with Gasteiger partial charge in [0.2, 0.25) is 0 Å². The van der Waals surface area contributed by atoms with Crippen LogP contribution in [0.4, 0.5) is 13.2 Å². The third-order valence-corrected chi connectivity index (χ3v) is 4.19. The number of rotatable bonds is 2. The van der Waals surface area contributed by atoms with Crippen molar-refractivity contribution in [2.75, 3.05) is 0 Å². The van der Waals surface area contributed by atoms with Gasteiger partial charge >= 0.3 is 6.18 Å². The van der Waals surface area contributed by atoms with Gasteiger partial charge in [-0.3, -0.25) is 0 Å². The molecule has 1 aromatic carbocycles. The molecule has 0 radical (unpaired) electrons. The van der Waals surface area contributed by atoms with Crippen molar-refractivity contribution in [3.05, 3.63) is 71.7 Å². The van der Waals surface area contributed by atoms with Crippen LogP contribution in [0.25, 0.3) is 28.0 Å². The van der Waals surface area contributed by atoms with E-state index in [4.69, 9.17) is 5.26 Å². The maximum absolute atomic E-state index is 13.0. The fraction of sp³-hybridized carbons (Fsp3) is 0.100. The van der Waals surface area contributed by atoms with Gasteiger partial charge in [-0.2, -0.15) is 23.5 Å². The van der Waals surface area contributed by atoms with Crippen LogP contribution < -0.4 is 0 Å². The molecule has 5 nitrogen and oxygen atoms in total. The van der Waals surface area contributed by atoms with Crippen molar-refractivity contribution < 1.29 is 13.2 Å². The number of hydrogen-bond donors (Lipinski definition) is 0. The molecule has 0 saturated carbocycles. The minimum atomic E-state index is -4.54. The molecule has 0 unspecified atom stereocenters. The van der Waals surface area contributed by atoms with Crippen molar-refractivity contribution in [3.63, 3.8) is 0 Å². The minimum absolute atomic E-state index is 0.0666. The Hall–Kier alpha value is -3.73. The molecule has 3 heterocycles. The van der Waals surface area contributed by atoms with Gasteiger partial charge < -0.3 is 0 Å². The van der Waals surface area contributed by atoms with Gasteiger partial charge in [-0.25, -0.2) is 14.6 Å². The van der Waals surface area contributed by atoms with Gasteiger partial charge in [-0.05, 0) is 42.8 Å². The molecule has 0 aliphatic heterocycles. The summed E-state index contributed by atoms with van der Waals surface area (Å²) in [6.45, 7) is 1.86. The molecule has 0 bridgehead atoms. The summed E-state index contributed by atoms with van der Waals surface area (Å²) < 4.78 is 40.3. The van der Waals surface area contributed by atoms with E-state index < -0.39 is 11.9 Å². The first-order chi connectivity index (χ1) is 13.3. The van der Waals surface area contributed by atoms with Gasteiger partial charge in [-0.1, -0.05) is 18.2 Å². The fourth-order valence-corrected chi connectivity index (χ4v) is 2.93. The highest BCUT2D eigenvalue weighted by molar-refractivity contribution is 5.85. The smallest absolute Gasteiger partial charge is 0.237 e. The van der Waals surface area contributed by atoms with E-state index in [0.29, 0.717) is 16.9 Å². The Balaban J connectivity index is 1.86. The Morgan fingerprint density at radius 3 is 2.61 bits per heavy atom. The zero-order valence-electron chi connectivity index (χ0n) is 14.6. The molecule has 138 valence electrons. The number of alkyl halides is 3. The average Bonchev–Trinajstić information content (AvgIpc) is 3.10. The standard InChI is InChI=1S/C20H12F3N5/c1-12-7-15(10-24)26-16(8-12)13-5-6-14-11-25-28(17(14)9-13)19-4-2-3-18(27-19)20(21,22)23/h2-9,11H,1H3. The van der Waals surface area contributed by atoms with Crippen molar-refractivity contribution in [2.45, 2.75) is 13.1 Å². The van der Waals surface area contributed by atoms with Crippen LogP contribution in [-0.2, 0) is 6.18 Å². The number of aryl methyl sites for hydroxylation is 1. The normalized spacial score (nSPS) is 11.5. The lowest BCUT2D eigenvalue weighted by molar-refractivity contribution is -0.141. The van der Waals surface area contributed by atoms with Crippen LogP contribution in [0.2, 0.25) is 0 Å². The topological polar surface area (TPSA) is 67.4 Å². The lowest BCUT2D eigenvalue weighted by Crippen LogP contribution is -2.10. The number of fused-ring (bicyclic) bond motifs is 1. The monoisotopic (exact) mass is 379 g/mol. The molecule has 4 aromatic rings. The Kier molecular flexibility index (Phi) is 4.08. The second-order valence-corrected chi connectivity index (χ2v) is 6.24. The van der Waals surface area contributed by atoms with Gasteiger partial charge in [0.15, 0.2) is 5.82 Å². The molecule has 0 spiro atoms. The molecule has 8 heteroatoms. The zero-order chi connectivity index (χ0) is 19.9. The first-order valence-electron chi connectivity index (χ1n) is 8.27. The maximum atomic E-state index is 13.0. The first kappa shape index (κ1) is 17.7. The molecule has 0 amide bonds. The van der Waals surface area contributed by atoms with Gasteiger partial charge in [0.1, 0.15) is 17.5 Å². The van der Waals surface area contributed by atoms with E-state index >= 15 is 0 Å². The molecular formula is C20H12F3N5. The number of pyridine rings is 2. The second-order valence-electron chi connectivity index (χ2n) is 6.24. The first-order valence-corrected chi connectivity index (χ1v) is 8.27. The predicted molar refractivity (Wildman–Crippen MR) is 96.6 cm³/mol. The summed E-state index contributed by atoms with van der Waals surface area (Å²) in [4.78, 5) is 8.00. The van der Waals surface area contributed by atoms with Gasteiger partial charge in [0.05, 0.1) is 17.4 Å².